The summed E-state index contributed by atoms with van der Waals surface area (Å²) in [5.41, 5.74) is 0.696. The number of quaternary nitrogens is 1. The first-order chi connectivity index (χ1) is 10.2. The van der Waals surface area contributed by atoms with Crippen molar-refractivity contribution in [1.29, 1.82) is 0 Å². The summed E-state index contributed by atoms with van der Waals surface area (Å²) in [6.45, 7) is 1.88. The molecule has 3 rings (SSSR count). The zero-order valence-corrected chi connectivity index (χ0v) is 12.6. The highest BCUT2D eigenvalue weighted by Crippen LogP contribution is 2.31. The van der Waals surface area contributed by atoms with Crippen LogP contribution in [0.2, 0.25) is 0 Å². The quantitative estimate of drug-likeness (QED) is 0.535. The number of benzene rings is 2. The molecule has 0 saturated heterocycles. The van der Waals surface area contributed by atoms with Crippen LogP contribution in [0.1, 0.15) is 17.3 Å². The molecule has 0 bridgehead atoms. The molecule has 0 spiro atoms. The van der Waals surface area contributed by atoms with Crippen LogP contribution in [0.25, 0.3) is 10.8 Å². The van der Waals surface area contributed by atoms with E-state index in [1.54, 1.807) is 0 Å². The molecule has 7 nitrogen and oxygen atoms in total. The van der Waals surface area contributed by atoms with Crippen molar-refractivity contribution in [3.8, 4) is 5.75 Å². The third-order valence-corrected chi connectivity index (χ3v) is 3.41. The first kappa shape index (κ1) is 16.6. The van der Waals surface area contributed by atoms with Crippen molar-refractivity contribution in [3.63, 3.8) is 0 Å². The van der Waals surface area contributed by atoms with Crippen molar-refractivity contribution in [1.82, 2.24) is 0 Å². The van der Waals surface area contributed by atoms with Gasteiger partial charge in [-0.3, -0.25) is 4.79 Å². The molecule has 2 unspecified atom stereocenters. The largest absolute Gasteiger partial charge is 0.315 e. The van der Waals surface area contributed by atoms with Gasteiger partial charge in [0.25, 0.3) is 0 Å². The Bertz CT molecular complexity index is 693. The highest BCUT2D eigenvalue weighted by atomic mass is 35.7. The maximum atomic E-state index is 12.2. The summed E-state index contributed by atoms with van der Waals surface area (Å²) < 4.78 is 34.0. The Kier molecular flexibility index (Phi) is 4.66. The summed E-state index contributed by atoms with van der Waals surface area (Å²) in [6.07, 6.45) is 0. The molecule has 0 fully saturated rings. The van der Waals surface area contributed by atoms with E-state index in [-0.39, 0.29) is 11.8 Å². The lowest BCUT2D eigenvalue weighted by Crippen LogP contribution is -3.16. The number of carbonyl (C=O) groups is 1. The number of hydrogen-bond acceptors (Lipinski definition) is 6. The third kappa shape index (κ3) is 3.72. The normalized spacial score (nSPS) is 20.7. The van der Waals surface area contributed by atoms with Crippen LogP contribution in [-0.2, 0) is 0 Å². The Hall–Kier alpha value is -1.74. The molecule has 2 atom stereocenters. The Balaban J connectivity index is 0.000000309. The summed E-state index contributed by atoms with van der Waals surface area (Å²) in [7, 11) is -3.08. The summed E-state index contributed by atoms with van der Waals surface area (Å²) in [4.78, 5) is 18.0. The molecule has 8 heteroatoms. The zero-order valence-electron chi connectivity index (χ0n) is 11.9. The van der Waals surface area contributed by atoms with Crippen molar-refractivity contribution in [2.75, 3.05) is 7.05 Å². The molecule has 0 saturated carbocycles. The lowest BCUT2D eigenvalue weighted by molar-refractivity contribution is -2.00. The van der Waals surface area contributed by atoms with Gasteiger partial charge in [0.1, 0.15) is 7.05 Å². The van der Waals surface area contributed by atoms with Crippen LogP contribution in [-0.4, -0.2) is 18.9 Å². The molecular weight excluding hydrogens is 314 g/mol. The van der Waals surface area contributed by atoms with Gasteiger partial charge in [0.2, 0.25) is 11.5 Å². The number of rotatable bonds is 0. The van der Waals surface area contributed by atoms with Crippen LogP contribution in [0.4, 0.5) is 0 Å². The monoisotopic (exact) mass is 327 g/mol. The van der Waals surface area contributed by atoms with Crippen molar-refractivity contribution in [2.45, 2.75) is 13.0 Å². The average molecular weight is 328 g/mol. The molecule has 2 aromatic rings. The Morgan fingerprint density at radius 3 is 2.32 bits per heavy atom. The van der Waals surface area contributed by atoms with E-state index in [0.29, 0.717) is 11.3 Å². The molecule has 1 heterocycles. The molecule has 1 N–H and O–H groups in total. The second-order valence-corrected chi connectivity index (χ2v) is 5.60. The molecule has 1 aliphatic rings. The number of likely N-dealkylation sites (N-methyl/N-ethyl adjacent to an activating group) is 1. The topological polar surface area (TPSA) is 123 Å². The Labute approximate surface area is 128 Å². The van der Waals surface area contributed by atoms with E-state index in [1.165, 1.54) is 0 Å². The van der Waals surface area contributed by atoms with Gasteiger partial charge in [0.05, 0.1) is 5.56 Å². The van der Waals surface area contributed by atoms with Crippen molar-refractivity contribution in [2.24, 2.45) is 0 Å². The minimum absolute atomic E-state index is 0.148. The van der Waals surface area contributed by atoms with Crippen LogP contribution < -0.4 is 28.5 Å². The Morgan fingerprint density at radius 1 is 1.09 bits per heavy atom. The Morgan fingerprint density at radius 2 is 1.68 bits per heavy atom. The second kappa shape index (κ2) is 6.17. The second-order valence-electron chi connectivity index (χ2n) is 4.84. The van der Waals surface area contributed by atoms with Gasteiger partial charge in [-0.05, 0) is 18.4 Å². The number of hydrogen-bond donors (Lipinski definition) is 1. The lowest BCUT2D eigenvalue weighted by atomic mass is 9.98. The molecule has 0 aromatic heterocycles. The van der Waals surface area contributed by atoms with E-state index in [4.69, 9.17) is 23.5 Å². The van der Waals surface area contributed by atoms with E-state index in [9.17, 15) is 4.79 Å². The number of fused-ring (bicyclic) bond motifs is 3. The van der Waals surface area contributed by atoms with Crippen LogP contribution in [0.5, 0.6) is 5.75 Å². The molecule has 22 heavy (non-hydrogen) atoms. The fraction of sp³-hybridized carbons (Fsp3) is 0.214. The first-order valence-corrected chi connectivity index (χ1v) is 7.61. The highest BCUT2D eigenvalue weighted by molar-refractivity contribution is 6.07. The number of ketones is 1. The van der Waals surface area contributed by atoms with Gasteiger partial charge >= 0.3 is 0 Å². The third-order valence-electron chi connectivity index (χ3n) is 3.41. The van der Waals surface area contributed by atoms with Crippen molar-refractivity contribution in [3.05, 3.63) is 42.0 Å². The van der Waals surface area contributed by atoms with Crippen molar-refractivity contribution >= 4 is 16.6 Å². The number of Topliss-reactive ketones (excluding diaryl/α,β-unsaturated/α-hetero) is 1. The molecule has 1 aliphatic heterocycles. The lowest BCUT2D eigenvalue weighted by Gasteiger charge is -2.26. The molecule has 0 amide bonds. The van der Waals surface area contributed by atoms with Gasteiger partial charge in [-0.25, -0.2) is 18.6 Å². The van der Waals surface area contributed by atoms with Gasteiger partial charge in [-0.2, -0.15) is 0 Å². The van der Waals surface area contributed by atoms with Gasteiger partial charge in [0, 0.05) is 5.39 Å². The number of hydroxylamine groups is 2. The summed E-state index contributed by atoms with van der Waals surface area (Å²) >= 11 is 0. The standard InChI is InChI=1S/C14H13NO2.ClHO4/c1-9-13(16)12-8-7-10-5-3-4-6-11(10)14(12)17-15(9)2;2-1(3,4)5/h3-9H,1-2H3;(H,2,3,4,5). The maximum absolute atomic E-state index is 12.2. The summed E-state index contributed by atoms with van der Waals surface area (Å²) in [5, 5.41) is 2.88. The summed E-state index contributed by atoms with van der Waals surface area (Å²) in [6, 6.07) is 11.7. The minimum atomic E-state index is -4.94. The van der Waals surface area contributed by atoms with Crippen molar-refractivity contribution < 1.29 is 43.6 Å². The zero-order chi connectivity index (χ0) is 16.5. The molecule has 0 radical (unpaired) electrons. The van der Waals surface area contributed by atoms with Gasteiger partial charge in [-0.15, -0.1) is 15.3 Å². The minimum Gasteiger partial charge on any atom is -0.315 e. The molecule has 118 valence electrons. The van der Waals surface area contributed by atoms with Gasteiger partial charge in [0.15, 0.2) is 6.04 Å². The predicted molar refractivity (Wildman–Crippen MR) is 65.3 cm³/mol. The predicted octanol–water partition coefficient (Wildman–Crippen LogP) is -3.52. The van der Waals surface area contributed by atoms with Crippen LogP contribution in [0.15, 0.2) is 36.4 Å². The van der Waals surface area contributed by atoms with Crippen LogP contribution >= 0.6 is 0 Å². The fourth-order valence-electron chi connectivity index (χ4n) is 2.21. The van der Waals surface area contributed by atoms with Gasteiger partial charge in [-0.1, -0.05) is 30.3 Å². The van der Waals surface area contributed by atoms with E-state index < -0.39 is 10.2 Å². The van der Waals surface area contributed by atoms with Gasteiger partial charge < -0.3 is 4.84 Å². The smallest absolute Gasteiger partial charge is 0.227 e. The summed E-state index contributed by atoms with van der Waals surface area (Å²) in [5.74, 6) is 0.859. The first-order valence-electron chi connectivity index (χ1n) is 6.37. The SMILES string of the molecule is CC1C(=O)c2ccc3ccccc3c2O[NH+]1C.[O-][Cl+3]([O-])([O-])[O-]. The van der Waals surface area contributed by atoms with Crippen LogP contribution in [0.3, 0.4) is 0 Å². The maximum Gasteiger partial charge on any atom is 0.227 e. The number of carbonyl (C=O) groups excluding carboxylic acids is 1. The van der Waals surface area contributed by atoms with E-state index in [2.05, 4.69) is 0 Å². The molecule has 2 aromatic carbocycles. The number of nitrogens with one attached hydrogen (secondary N) is 1. The fourth-order valence-corrected chi connectivity index (χ4v) is 2.21. The molecule has 0 aliphatic carbocycles. The molecular formula is C14H14ClNO6. The van der Waals surface area contributed by atoms with E-state index >= 15 is 0 Å². The average Bonchev–Trinajstić information content (AvgIpc) is 2.43. The highest BCUT2D eigenvalue weighted by Gasteiger charge is 2.34. The van der Waals surface area contributed by atoms with E-state index in [0.717, 1.165) is 15.8 Å². The van der Waals surface area contributed by atoms with E-state index in [1.807, 2.05) is 50.4 Å². The number of halogens is 1. The van der Waals surface area contributed by atoms with Crippen LogP contribution in [0, 0.1) is 10.2 Å².